The molecule has 10 heteroatoms. The minimum absolute atomic E-state index is 0.0395. The Morgan fingerprint density at radius 2 is 0.918 bits per heavy atom. The van der Waals surface area contributed by atoms with Gasteiger partial charge in [0.1, 0.15) is 23.1 Å². The molecule has 0 aromatic heterocycles. The van der Waals surface area contributed by atoms with Gasteiger partial charge in [-0.05, 0) is 82.3 Å². The highest BCUT2D eigenvalue weighted by Gasteiger charge is 2.30. The molecule has 0 heterocycles. The van der Waals surface area contributed by atoms with Crippen molar-refractivity contribution in [1.82, 2.24) is 10.6 Å². The number of carbonyl (C=O) groups excluding carboxylic acids is 6. The van der Waals surface area contributed by atoms with E-state index in [-0.39, 0.29) is 62.2 Å². The molecule has 0 spiro atoms. The van der Waals surface area contributed by atoms with Crippen LogP contribution in [0.3, 0.4) is 0 Å². The highest BCUT2D eigenvalue weighted by Crippen LogP contribution is 2.39. The number of amides is 2. The maximum atomic E-state index is 12.7. The standard InChI is InChI=1S/C39H54N2O8/c1-24-18-26(3)36(38(7,8)22-28(5)42)30(20-24)48-34(46)14-16-40-32(44)12-11-13-33(45)41-17-15-35(47)49-31-21-25(2)19-27(4)37(31)39(9,10)23-29(6)43/h18-21H,11-17,22-23H2,1-10H3,(H,40,44)(H,41,45). The number of ketones is 2. The lowest BCUT2D eigenvalue weighted by Gasteiger charge is -2.28. The zero-order valence-electron chi connectivity index (χ0n) is 30.9. The first-order valence-corrected chi connectivity index (χ1v) is 16.9. The van der Waals surface area contributed by atoms with Gasteiger partial charge in [0.2, 0.25) is 11.8 Å². The van der Waals surface area contributed by atoms with Gasteiger partial charge in [-0.15, -0.1) is 0 Å². The Balaban J connectivity index is 1.77. The van der Waals surface area contributed by atoms with Crippen LogP contribution >= 0.6 is 0 Å². The Hall–Kier alpha value is -4.34. The van der Waals surface area contributed by atoms with Gasteiger partial charge in [0.25, 0.3) is 0 Å². The molecule has 2 rings (SSSR count). The SMILES string of the molecule is CC(=O)CC(C)(C)c1c(C)cc(C)cc1OC(=O)CCNC(=O)CCCC(=O)NCCC(=O)Oc1cc(C)cc(C)c1C(C)(C)CC(C)=O. The number of hydrogen-bond donors (Lipinski definition) is 2. The Morgan fingerprint density at radius 1 is 0.571 bits per heavy atom. The summed E-state index contributed by atoms with van der Waals surface area (Å²) in [6, 6.07) is 7.56. The summed E-state index contributed by atoms with van der Waals surface area (Å²) in [4.78, 5) is 73.7. The lowest BCUT2D eigenvalue weighted by atomic mass is 9.77. The summed E-state index contributed by atoms with van der Waals surface area (Å²) >= 11 is 0. The van der Waals surface area contributed by atoms with Crippen LogP contribution in [0.5, 0.6) is 11.5 Å². The molecule has 2 N–H and O–H groups in total. The molecule has 0 fully saturated rings. The third-order valence-corrected chi connectivity index (χ3v) is 8.18. The Kier molecular flexibility index (Phi) is 14.9. The second-order valence-electron chi connectivity index (χ2n) is 14.4. The molecule has 49 heavy (non-hydrogen) atoms. The third-order valence-electron chi connectivity index (χ3n) is 8.18. The van der Waals surface area contributed by atoms with Crippen LogP contribution in [0.1, 0.15) is 120 Å². The maximum Gasteiger partial charge on any atom is 0.312 e. The van der Waals surface area contributed by atoms with Crippen molar-refractivity contribution in [3.8, 4) is 11.5 Å². The predicted octanol–water partition coefficient (Wildman–Crippen LogP) is 6.13. The van der Waals surface area contributed by atoms with Crippen molar-refractivity contribution in [2.45, 2.75) is 125 Å². The van der Waals surface area contributed by atoms with E-state index in [1.807, 2.05) is 67.5 Å². The minimum Gasteiger partial charge on any atom is -0.426 e. The van der Waals surface area contributed by atoms with E-state index in [1.165, 1.54) is 13.8 Å². The summed E-state index contributed by atoms with van der Waals surface area (Å²) in [5.74, 6) is -0.679. The zero-order chi connectivity index (χ0) is 37.1. The Labute approximate surface area is 291 Å². The number of aryl methyl sites for hydroxylation is 4. The quantitative estimate of drug-likeness (QED) is 0.142. The van der Waals surface area contributed by atoms with Crippen LogP contribution in [-0.2, 0) is 39.6 Å². The molecule has 2 aromatic carbocycles. The van der Waals surface area contributed by atoms with E-state index in [2.05, 4.69) is 10.6 Å². The third kappa shape index (κ3) is 13.2. The first-order valence-electron chi connectivity index (χ1n) is 16.9. The summed E-state index contributed by atoms with van der Waals surface area (Å²) in [5.41, 5.74) is 4.29. The lowest BCUT2D eigenvalue weighted by Crippen LogP contribution is -2.29. The molecule has 0 saturated carbocycles. The number of esters is 2. The van der Waals surface area contributed by atoms with Gasteiger partial charge in [-0.3, -0.25) is 28.8 Å². The summed E-state index contributed by atoms with van der Waals surface area (Å²) in [6.07, 6.45) is 1.01. The molecule has 10 nitrogen and oxygen atoms in total. The number of nitrogens with one attached hydrogen (secondary N) is 2. The molecule has 2 amide bonds. The second kappa shape index (κ2) is 17.9. The van der Waals surface area contributed by atoms with E-state index in [0.717, 1.165) is 33.4 Å². The Morgan fingerprint density at radius 3 is 1.24 bits per heavy atom. The van der Waals surface area contributed by atoms with E-state index in [1.54, 1.807) is 12.1 Å². The smallest absolute Gasteiger partial charge is 0.312 e. The van der Waals surface area contributed by atoms with Gasteiger partial charge in [-0.2, -0.15) is 0 Å². The molecule has 2 aromatic rings. The lowest BCUT2D eigenvalue weighted by molar-refractivity contribution is -0.135. The van der Waals surface area contributed by atoms with Crippen LogP contribution in [0, 0.1) is 27.7 Å². The molecule has 0 aliphatic rings. The number of ether oxygens (including phenoxy) is 2. The fraction of sp³-hybridized carbons (Fsp3) is 0.538. The van der Waals surface area contributed by atoms with Crippen molar-refractivity contribution >= 4 is 35.3 Å². The average Bonchev–Trinajstić information content (AvgIpc) is 2.90. The fourth-order valence-corrected chi connectivity index (χ4v) is 6.72. The highest BCUT2D eigenvalue weighted by atomic mass is 16.5. The molecule has 0 atom stereocenters. The highest BCUT2D eigenvalue weighted by molar-refractivity contribution is 5.81. The van der Waals surface area contributed by atoms with Crippen LogP contribution in [-0.4, -0.2) is 48.4 Å². The molecule has 0 unspecified atom stereocenters. The average molecular weight is 679 g/mol. The number of carbonyl (C=O) groups is 6. The van der Waals surface area contributed by atoms with Gasteiger partial charge < -0.3 is 20.1 Å². The molecular weight excluding hydrogens is 624 g/mol. The van der Waals surface area contributed by atoms with E-state index >= 15 is 0 Å². The van der Waals surface area contributed by atoms with Crippen LogP contribution in [0.2, 0.25) is 0 Å². The van der Waals surface area contributed by atoms with Gasteiger partial charge in [0, 0.05) is 60.7 Å². The maximum absolute atomic E-state index is 12.7. The van der Waals surface area contributed by atoms with Crippen molar-refractivity contribution in [3.05, 3.63) is 57.6 Å². The van der Waals surface area contributed by atoms with Gasteiger partial charge in [0.15, 0.2) is 0 Å². The van der Waals surface area contributed by atoms with E-state index in [0.29, 0.717) is 30.8 Å². The molecule has 0 aliphatic heterocycles. The predicted molar refractivity (Wildman–Crippen MR) is 189 cm³/mol. The molecular formula is C39H54N2O8. The Bertz CT molecular complexity index is 1460. The monoisotopic (exact) mass is 678 g/mol. The van der Waals surface area contributed by atoms with Crippen molar-refractivity contribution < 1.29 is 38.2 Å². The first kappa shape index (κ1) is 40.8. The van der Waals surface area contributed by atoms with Crippen LogP contribution < -0.4 is 20.1 Å². The van der Waals surface area contributed by atoms with E-state index in [9.17, 15) is 28.8 Å². The van der Waals surface area contributed by atoms with Gasteiger partial charge >= 0.3 is 11.9 Å². The number of benzene rings is 2. The molecule has 0 radical (unpaired) electrons. The minimum atomic E-state index is -0.525. The van der Waals surface area contributed by atoms with Gasteiger partial charge in [0.05, 0.1) is 12.8 Å². The van der Waals surface area contributed by atoms with Crippen LogP contribution in [0.15, 0.2) is 24.3 Å². The topological polar surface area (TPSA) is 145 Å². The van der Waals surface area contributed by atoms with E-state index in [4.69, 9.17) is 9.47 Å². The van der Waals surface area contributed by atoms with Crippen LogP contribution in [0.25, 0.3) is 0 Å². The zero-order valence-corrected chi connectivity index (χ0v) is 30.9. The van der Waals surface area contributed by atoms with Crippen molar-refractivity contribution in [2.24, 2.45) is 0 Å². The number of hydrogen-bond acceptors (Lipinski definition) is 8. The second-order valence-corrected chi connectivity index (χ2v) is 14.4. The molecule has 0 aliphatic carbocycles. The number of Topliss-reactive ketones (excluding diaryl/α,β-unsaturated/α-hetero) is 2. The number of rotatable bonds is 18. The first-order chi connectivity index (χ1) is 22.7. The summed E-state index contributed by atoms with van der Waals surface area (Å²) in [6.45, 7) is 18.7. The molecule has 0 bridgehead atoms. The molecule has 0 saturated heterocycles. The summed E-state index contributed by atoms with van der Waals surface area (Å²) in [7, 11) is 0. The molecule has 268 valence electrons. The largest absolute Gasteiger partial charge is 0.426 e. The fourth-order valence-electron chi connectivity index (χ4n) is 6.72. The summed E-state index contributed by atoms with van der Waals surface area (Å²) in [5, 5.41) is 5.37. The van der Waals surface area contributed by atoms with Crippen LogP contribution in [0.4, 0.5) is 0 Å². The van der Waals surface area contributed by atoms with Crippen molar-refractivity contribution in [2.75, 3.05) is 13.1 Å². The van der Waals surface area contributed by atoms with Gasteiger partial charge in [-0.25, -0.2) is 0 Å². The normalized spacial score (nSPS) is 11.5. The van der Waals surface area contributed by atoms with Crippen molar-refractivity contribution in [3.63, 3.8) is 0 Å². The van der Waals surface area contributed by atoms with Crippen molar-refractivity contribution in [1.29, 1.82) is 0 Å². The summed E-state index contributed by atoms with van der Waals surface area (Å²) < 4.78 is 11.4. The van der Waals surface area contributed by atoms with E-state index < -0.39 is 22.8 Å². The van der Waals surface area contributed by atoms with Gasteiger partial charge in [-0.1, -0.05) is 39.8 Å².